The molecule has 0 radical (unpaired) electrons. The van der Waals surface area contributed by atoms with Gasteiger partial charge < -0.3 is 15.7 Å². The summed E-state index contributed by atoms with van der Waals surface area (Å²) in [5.74, 6) is -1.27. The normalized spacial score (nSPS) is 12.0. The van der Waals surface area contributed by atoms with Gasteiger partial charge in [0.25, 0.3) is 5.91 Å². The molecule has 0 heterocycles. The zero-order valence-corrected chi connectivity index (χ0v) is 11.9. The molecule has 0 aromatic heterocycles. The molecule has 110 valence electrons. The molecule has 1 amide bonds. The van der Waals surface area contributed by atoms with Gasteiger partial charge in [-0.15, -0.1) is 0 Å². The largest absolute Gasteiger partial charge is 0.507 e. The molecule has 1 unspecified atom stereocenters. The maximum absolute atomic E-state index is 13.2. The SMILES string of the molecule is CC(c1cccc(N)c1)N(C)C(=O)c1cc(F)ccc1O. The quantitative estimate of drug-likeness (QED) is 0.853. The Kier molecular flexibility index (Phi) is 4.12. The molecule has 5 heteroatoms. The fourth-order valence-corrected chi connectivity index (χ4v) is 2.09. The molecule has 0 fully saturated rings. The van der Waals surface area contributed by atoms with Crippen molar-refractivity contribution in [3.8, 4) is 5.75 Å². The number of phenolic OH excluding ortho intramolecular Hbond substituents is 1. The van der Waals surface area contributed by atoms with Gasteiger partial charge in [0, 0.05) is 12.7 Å². The third kappa shape index (κ3) is 3.13. The highest BCUT2D eigenvalue weighted by molar-refractivity contribution is 5.96. The zero-order valence-electron chi connectivity index (χ0n) is 11.9. The first-order valence-corrected chi connectivity index (χ1v) is 6.51. The van der Waals surface area contributed by atoms with E-state index in [2.05, 4.69) is 0 Å². The van der Waals surface area contributed by atoms with E-state index >= 15 is 0 Å². The Morgan fingerprint density at radius 2 is 2.00 bits per heavy atom. The Morgan fingerprint density at radius 3 is 2.67 bits per heavy atom. The van der Waals surface area contributed by atoms with Crippen LogP contribution in [0.5, 0.6) is 5.75 Å². The minimum atomic E-state index is -0.568. The van der Waals surface area contributed by atoms with E-state index in [1.54, 1.807) is 25.2 Å². The highest BCUT2D eigenvalue weighted by atomic mass is 19.1. The van der Waals surface area contributed by atoms with Gasteiger partial charge in [-0.2, -0.15) is 0 Å². The lowest BCUT2D eigenvalue weighted by atomic mass is 10.1. The maximum atomic E-state index is 13.2. The Morgan fingerprint density at radius 1 is 1.29 bits per heavy atom. The molecule has 0 aliphatic carbocycles. The molecule has 4 nitrogen and oxygen atoms in total. The fraction of sp³-hybridized carbons (Fsp3) is 0.188. The Labute approximate surface area is 122 Å². The molecule has 3 N–H and O–H groups in total. The molecule has 0 bridgehead atoms. The number of nitrogens with zero attached hydrogens (tertiary/aromatic N) is 1. The van der Waals surface area contributed by atoms with Gasteiger partial charge >= 0.3 is 0 Å². The number of benzene rings is 2. The second-order valence-electron chi connectivity index (χ2n) is 4.92. The summed E-state index contributed by atoms with van der Waals surface area (Å²) in [4.78, 5) is 13.8. The number of aromatic hydroxyl groups is 1. The summed E-state index contributed by atoms with van der Waals surface area (Å²) < 4.78 is 13.2. The molecule has 1 atom stereocenters. The van der Waals surface area contributed by atoms with E-state index in [9.17, 15) is 14.3 Å². The van der Waals surface area contributed by atoms with Crippen LogP contribution in [0.2, 0.25) is 0 Å². The lowest BCUT2D eigenvalue weighted by Gasteiger charge is -2.26. The van der Waals surface area contributed by atoms with Crippen LogP contribution in [-0.2, 0) is 0 Å². The maximum Gasteiger partial charge on any atom is 0.257 e. The van der Waals surface area contributed by atoms with E-state index < -0.39 is 11.7 Å². The van der Waals surface area contributed by atoms with Crippen molar-refractivity contribution in [3.05, 3.63) is 59.4 Å². The molecular weight excluding hydrogens is 271 g/mol. The second kappa shape index (κ2) is 5.83. The highest BCUT2D eigenvalue weighted by Crippen LogP contribution is 2.25. The van der Waals surface area contributed by atoms with Crippen molar-refractivity contribution >= 4 is 11.6 Å². The van der Waals surface area contributed by atoms with Crippen LogP contribution in [0.3, 0.4) is 0 Å². The van der Waals surface area contributed by atoms with Crippen LogP contribution in [0, 0.1) is 5.82 Å². The van der Waals surface area contributed by atoms with E-state index in [0.717, 1.165) is 17.7 Å². The van der Waals surface area contributed by atoms with E-state index in [1.165, 1.54) is 11.0 Å². The Balaban J connectivity index is 2.28. The molecule has 2 aromatic carbocycles. The summed E-state index contributed by atoms with van der Waals surface area (Å²) >= 11 is 0. The van der Waals surface area contributed by atoms with Crippen molar-refractivity contribution < 1.29 is 14.3 Å². The summed E-state index contributed by atoms with van der Waals surface area (Å²) in [6.07, 6.45) is 0. The third-order valence-electron chi connectivity index (χ3n) is 3.48. The minimum Gasteiger partial charge on any atom is -0.507 e. The van der Waals surface area contributed by atoms with Crippen LogP contribution in [0.4, 0.5) is 10.1 Å². The van der Waals surface area contributed by atoms with Crippen LogP contribution in [-0.4, -0.2) is 23.0 Å². The molecule has 21 heavy (non-hydrogen) atoms. The number of hydrogen-bond acceptors (Lipinski definition) is 3. The monoisotopic (exact) mass is 288 g/mol. The van der Waals surface area contributed by atoms with Gasteiger partial charge in [-0.3, -0.25) is 4.79 Å². The van der Waals surface area contributed by atoms with Gasteiger partial charge in [-0.05, 0) is 42.8 Å². The van der Waals surface area contributed by atoms with Gasteiger partial charge in [0.15, 0.2) is 0 Å². The van der Waals surface area contributed by atoms with Crippen LogP contribution >= 0.6 is 0 Å². The Bertz CT molecular complexity index is 673. The lowest BCUT2D eigenvalue weighted by molar-refractivity contribution is 0.0739. The first-order valence-electron chi connectivity index (χ1n) is 6.51. The number of nitrogens with two attached hydrogens (primary N) is 1. The van der Waals surface area contributed by atoms with Gasteiger partial charge in [0.2, 0.25) is 0 Å². The van der Waals surface area contributed by atoms with Crippen LogP contribution in [0.15, 0.2) is 42.5 Å². The van der Waals surface area contributed by atoms with Crippen LogP contribution in [0.25, 0.3) is 0 Å². The van der Waals surface area contributed by atoms with Crippen molar-refractivity contribution in [3.63, 3.8) is 0 Å². The summed E-state index contributed by atoms with van der Waals surface area (Å²) in [6, 6.07) is 10.2. The molecular formula is C16H17FN2O2. The average Bonchev–Trinajstić information content (AvgIpc) is 2.47. The number of halogens is 1. The summed E-state index contributed by atoms with van der Waals surface area (Å²) in [5, 5.41) is 9.72. The molecule has 2 rings (SSSR count). The second-order valence-corrected chi connectivity index (χ2v) is 4.92. The molecule has 0 saturated heterocycles. The molecule has 2 aromatic rings. The van der Waals surface area contributed by atoms with Gasteiger partial charge in [0.05, 0.1) is 11.6 Å². The third-order valence-corrected chi connectivity index (χ3v) is 3.48. The predicted octanol–water partition coefficient (Wildman–Crippen LogP) is 2.95. The predicted molar refractivity (Wildman–Crippen MR) is 79.4 cm³/mol. The van der Waals surface area contributed by atoms with Crippen LogP contribution in [0.1, 0.15) is 28.9 Å². The number of amides is 1. The van der Waals surface area contributed by atoms with Crippen molar-refractivity contribution in [2.45, 2.75) is 13.0 Å². The fourth-order valence-electron chi connectivity index (χ4n) is 2.09. The number of rotatable bonds is 3. The summed E-state index contributed by atoms with van der Waals surface area (Å²) in [6.45, 7) is 1.84. The number of hydrogen-bond donors (Lipinski definition) is 2. The van der Waals surface area contributed by atoms with Gasteiger partial charge in [-0.25, -0.2) is 4.39 Å². The minimum absolute atomic E-state index is 0.0618. The summed E-state index contributed by atoms with van der Waals surface area (Å²) in [7, 11) is 1.60. The van der Waals surface area contributed by atoms with Crippen LogP contribution < -0.4 is 5.73 Å². The van der Waals surface area contributed by atoms with E-state index in [1.807, 2.05) is 13.0 Å². The number of carbonyl (C=O) groups is 1. The van der Waals surface area contributed by atoms with Crippen molar-refractivity contribution in [1.82, 2.24) is 4.90 Å². The Hall–Kier alpha value is -2.56. The molecule has 0 spiro atoms. The number of phenols is 1. The van der Waals surface area contributed by atoms with E-state index in [0.29, 0.717) is 5.69 Å². The van der Waals surface area contributed by atoms with Gasteiger partial charge in [0.1, 0.15) is 11.6 Å². The highest BCUT2D eigenvalue weighted by Gasteiger charge is 2.22. The van der Waals surface area contributed by atoms with Gasteiger partial charge in [-0.1, -0.05) is 12.1 Å². The number of nitrogen functional groups attached to an aromatic ring is 1. The van der Waals surface area contributed by atoms with E-state index in [4.69, 9.17) is 5.73 Å². The number of anilines is 1. The topological polar surface area (TPSA) is 66.6 Å². The zero-order chi connectivity index (χ0) is 15.6. The number of carbonyl (C=O) groups excluding carboxylic acids is 1. The standard InChI is InChI=1S/C16H17FN2O2/c1-10(11-4-3-5-13(18)8-11)19(2)16(21)14-9-12(17)6-7-15(14)20/h3-10,20H,18H2,1-2H3. The van der Waals surface area contributed by atoms with Crippen molar-refractivity contribution in [1.29, 1.82) is 0 Å². The summed E-state index contributed by atoms with van der Waals surface area (Å²) in [5.41, 5.74) is 7.14. The van der Waals surface area contributed by atoms with Crippen molar-refractivity contribution in [2.75, 3.05) is 12.8 Å². The first-order chi connectivity index (χ1) is 9.90. The smallest absolute Gasteiger partial charge is 0.257 e. The first kappa shape index (κ1) is 14.8. The van der Waals surface area contributed by atoms with E-state index in [-0.39, 0.29) is 17.4 Å². The molecule has 0 saturated carbocycles. The average molecular weight is 288 g/mol. The molecule has 0 aliphatic rings. The van der Waals surface area contributed by atoms with Crippen molar-refractivity contribution in [2.24, 2.45) is 0 Å². The lowest BCUT2D eigenvalue weighted by Crippen LogP contribution is -2.29. The molecule has 0 aliphatic heterocycles.